The van der Waals surface area contributed by atoms with Gasteiger partial charge in [0.1, 0.15) is 5.82 Å². The minimum Gasteiger partial charge on any atom is -0.341 e. The van der Waals surface area contributed by atoms with E-state index in [0.717, 1.165) is 31.5 Å². The van der Waals surface area contributed by atoms with Crippen LogP contribution in [0.2, 0.25) is 0 Å². The number of halogens is 2. The highest BCUT2D eigenvalue weighted by atomic mass is 35.5. The molecule has 5 heteroatoms. The molecule has 1 aromatic carbocycles. The summed E-state index contributed by atoms with van der Waals surface area (Å²) in [6, 6.07) is 6.79. The van der Waals surface area contributed by atoms with Gasteiger partial charge in [0, 0.05) is 25.6 Å². The average molecular weight is 301 g/mol. The molecule has 0 radical (unpaired) electrons. The normalized spacial score (nSPS) is 18.5. The summed E-state index contributed by atoms with van der Waals surface area (Å²) >= 11 is 0. The quantitative estimate of drug-likeness (QED) is 0.926. The maximum Gasteiger partial charge on any atom is 0.222 e. The summed E-state index contributed by atoms with van der Waals surface area (Å²) in [6.45, 7) is 1.67. The molecule has 1 aliphatic heterocycles. The molecule has 0 saturated carbocycles. The van der Waals surface area contributed by atoms with Gasteiger partial charge in [-0.1, -0.05) is 12.1 Å². The maximum absolute atomic E-state index is 12.8. The number of aryl methyl sites for hydroxylation is 1. The molecule has 1 atom stereocenters. The van der Waals surface area contributed by atoms with Gasteiger partial charge in [-0.2, -0.15) is 0 Å². The highest BCUT2D eigenvalue weighted by molar-refractivity contribution is 5.85. The third-order valence-corrected chi connectivity index (χ3v) is 3.72. The van der Waals surface area contributed by atoms with E-state index in [4.69, 9.17) is 0 Å². The van der Waals surface area contributed by atoms with E-state index < -0.39 is 0 Å². The molecule has 112 valence electrons. The number of likely N-dealkylation sites (tertiary alicyclic amines) is 1. The summed E-state index contributed by atoms with van der Waals surface area (Å²) in [5.41, 5.74) is 1.01. The summed E-state index contributed by atoms with van der Waals surface area (Å²) < 4.78 is 12.8. The second kappa shape index (κ2) is 8.22. The van der Waals surface area contributed by atoms with Crippen LogP contribution in [0.4, 0.5) is 4.39 Å². The highest BCUT2D eigenvalue weighted by Gasteiger charge is 2.21. The van der Waals surface area contributed by atoms with Crippen molar-refractivity contribution < 1.29 is 9.18 Å². The zero-order chi connectivity index (χ0) is 13.7. The molecule has 1 aromatic rings. The fourth-order valence-corrected chi connectivity index (χ4v) is 2.50. The number of hydrogen-bond donors (Lipinski definition) is 1. The molecule has 1 N–H and O–H groups in total. The first-order chi connectivity index (χ1) is 9.19. The van der Waals surface area contributed by atoms with Crippen molar-refractivity contribution in [2.24, 2.45) is 0 Å². The molecule has 1 unspecified atom stereocenters. The lowest BCUT2D eigenvalue weighted by molar-refractivity contribution is -0.132. The van der Waals surface area contributed by atoms with E-state index in [2.05, 4.69) is 5.32 Å². The van der Waals surface area contributed by atoms with Crippen LogP contribution in [0.3, 0.4) is 0 Å². The van der Waals surface area contributed by atoms with Crippen LogP contribution in [-0.4, -0.2) is 37.0 Å². The van der Waals surface area contributed by atoms with Crippen molar-refractivity contribution in [3.8, 4) is 0 Å². The third kappa shape index (κ3) is 4.76. The van der Waals surface area contributed by atoms with Gasteiger partial charge in [0.2, 0.25) is 5.91 Å². The average Bonchev–Trinajstić information content (AvgIpc) is 2.46. The van der Waals surface area contributed by atoms with Gasteiger partial charge in [0.25, 0.3) is 0 Å². The number of benzene rings is 1. The van der Waals surface area contributed by atoms with E-state index in [1.807, 2.05) is 11.9 Å². The number of likely N-dealkylation sites (N-methyl/N-ethyl adjacent to an activating group) is 1. The number of piperidine rings is 1. The van der Waals surface area contributed by atoms with Gasteiger partial charge in [0.15, 0.2) is 0 Å². The summed E-state index contributed by atoms with van der Waals surface area (Å²) in [7, 11) is 1.94. The van der Waals surface area contributed by atoms with Crippen LogP contribution in [0.15, 0.2) is 24.3 Å². The Kier molecular flexibility index (Phi) is 6.96. The first-order valence-electron chi connectivity index (χ1n) is 6.88. The first-order valence-corrected chi connectivity index (χ1v) is 6.88. The largest absolute Gasteiger partial charge is 0.341 e. The van der Waals surface area contributed by atoms with E-state index in [-0.39, 0.29) is 24.1 Å². The van der Waals surface area contributed by atoms with Crippen LogP contribution in [0, 0.1) is 5.82 Å². The Hall–Kier alpha value is -1.13. The maximum atomic E-state index is 12.8. The molecule has 0 bridgehead atoms. The summed E-state index contributed by atoms with van der Waals surface area (Å²) in [5.74, 6) is -0.0350. The molecule has 2 rings (SSSR count). The number of hydrogen-bond acceptors (Lipinski definition) is 2. The van der Waals surface area contributed by atoms with Crippen molar-refractivity contribution in [3.05, 3.63) is 35.6 Å². The Balaban J connectivity index is 0.00000200. The van der Waals surface area contributed by atoms with E-state index >= 15 is 0 Å². The first kappa shape index (κ1) is 16.9. The fraction of sp³-hybridized carbons (Fsp3) is 0.533. The molecule has 0 aliphatic carbocycles. The van der Waals surface area contributed by atoms with Crippen LogP contribution in [0.25, 0.3) is 0 Å². The Morgan fingerprint density at radius 1 is 1.40 bits per heavy atom. The van der Waals surface area contributed by atoms with Crippen LogP contribution in [0.5, 0.6) is 0 Å². The summed E-state index contributed by atoms with van der Waals surface area (Å²) in [4.78, 5) is 14.1. The van der Waals surface area contributed by atoms with Gasteiger partial charge >= 0.3 is 0 Å². The smallest absolute Gasteiger partial charge is 0.222 e. The van der Waals surface area contributed by atoms with Crippen molar-refractivity contribution in [1.82, 2.24) is 10.2 Å². The highest BCUT2D eigenvalue weighted by Crippen LogP contribution is 2.12. The van der Waals surface area contributed by atoms with Crippen molar-refractivity contribution in [1.29, 1.82) is 0 Å². The molecule has 20 heavy (non-hydrogen) atoms. The Morgan fingerprint density at radius 3 is 2.75 bits per heavy atom. The monoisotopic (exact) mass is 300 g/mol. The standard InChI is InChI=1S/C15H21FN2O.ClH/c1-17-14-3-2-10-18(11-14)15(19)9-6-12-4-7-13(16)8-5-12;/h4-5,7-8,14,17H,2-3,6,9-11H2,1H3;1H. The number of nitrogens with one attached hydrogen (secondary N) is 1. The van der Waals surface area contributed by atoms with Gasteiger partial charge in [-0.25, -0.2) is 4.39 Å². The summed E-state index contributed by atoms with van der Waals surface area (Å²) in [5, 5.41) is 3.23. The lowest BCUT2D eigenvalue weighted by atomic mass is 10.0. The molecular weight excluding hydrogens is 279 g/mol. The Labute approximate surface area is 125 Å². The molecule has 1 fully saturated rings. The Bertz CT molecular complexity index is 424. The molecular formula is C15H22ClFN2O. The molecule has 1 heterocycles. The third-order valence-electron chi connectivity index (χ3n) is 3.72. The minimum absolute atomic E-state index is 0. The van der Waals surface area contributed by atoms with Crippen molar-refractivity contribution >= 4 is 18.3 Å². The van der Waals surface area contributed by atoms with Crippen LogP contribution in [-0.2, 0) is 11.2 Å². The van der Waals surface area contributed by atoms with E-state index in [1.165, 1.54) is 12.1 Å². The van der Waals surface area contributed by atoms with E-state index in [9.17, 15) is 9.18 Å². The van der Waals surface area contributed by atoms with Gasteiger partial charge in [-0.15, -0.1) is 12.4 Å². The lowest BCUT2D eigenvalue weighted by Crippen LogP contribution is -2.47. The molecule has 0 aromatic heterocycles. The molecule has 1 amide bonds. The number of amides is 1. The van der Waals surface area contributed by atoms with Gasteiger partial charge in [-0.05, 0) is 44.0 Å². The van der Waals surface area contributed by atoms with Crippen LogP contribution >= 0.6 is 12.4 Å². The van der Waals surface area contributed by atoms with Crippen LogP contribution in [0.1, 0.15) is 24.8 Å². The molecule has 1 aliphatic rings. The zero-order valence-electron chi connectivity index (χ0n) is 11.8. The van der Waals surface area contributed by atoms with E-state index in [1.54, 1.807) is 12.1 Å². The van der Waals surface area contributed by atoms with Gasteiger partial charge in [0.05, 0.1) is 0 Å². The number of nitrogens with zero attached hydrogens (tertiary/aromatic N) is 1. The molecule has 1 saturated heterocycles. The van der Waals surface area contributed by atoms with Gasteiger partial charge in [-0.3, -0.25) is 4.79 Å². The Morgan fingerprint density at radius 2 is 2.10 bits per heavy atom. The number of carbonyl (C=O) groups is 1. The van der Waals surface area contributed by atoms with Crippen molar-refractivity contribution in [3.63, 3.8) is 0 Å². The fourth-order valence-electron chi connectivity index (χ4n) is 2.50. The van der Waals surface area contributed by atoms with Crippen LogP contribution < -0.4 is 5.32 Å². The predicted octanol–water partition coefficient (Wildman–Crippen LogP) is 2.39. The predicted molar refractivity (Wildman–Crippen MR) is 80.6 cm³/mol. The topological polar surface area (TPSA) is 32.3 Å². The van der Waals surface area contributed by atoms with Crippen molar-refractivity contribution in [2.75, 3.05) is 20.1 Å². The van der Waals surface area contributed by atoms with Gasteiger partial charge < -0.3 is 10.2 Å². The number of carbonyl (C=O) groups excluding carboxylic acids is 1. The SMILES string of the molecule is CNC1CCCN(C(=O)CCc2ccc(F)cc2)C1.Cl. The zero-order valence-corrected chi connectivity index (χ0v) is 12.6. The minimum atomic E-state index is -0.233. The van der Waals surface area contributed by atoms with Crippen molar-refractivity contribution in [2.45, 2.75) is 31.7 Å². The second-order valence-electron chi connectivity index (χ2n) is 5.09. The summed E-state index contributed by atoms with van der Waals surface area (Å²) in [6.07, 6.45) is 3.38. The second-order valence-corrected chi connectivity index (χ2v) is 5.09. The van der Waals surface area contributed by atoms with E-state index in [0.29, 0.717) is 18.9 Å². The molecule has 3 nitrogen and oxygen atoms in total. The lowest BCUT2D eigenvalue weighted by Gasteiger charge is -2.32. The molecule has 0 spiro atoms. The number of rotatable bonds is 4.